The smallest absolute Gasteiger partial charge is 0.188 e. The fourth-order valence-corrected chi connectivity index (χ4v) is 1.33. The number of hydrogen-bond donors (Lipinski definition) is 2. The second-order valence-corrected chi connectivity index (χ2v) is 3.47. The highest BCUT2D eigenvalue weighted by Crippen LogP contribution is 2.05. The van der Waals surface area contributed by atoms with Crippen LogP contribution in [0.2, 0.25) is 0 Å². The molecule has 0 radical (unpaired) electrons. The molecule has 0 spiro atoms. The van der Waals surface area contributed by atoms with Crippen molar-refractivity contribution in [1.82, 2.24) is 25.9 Å². The fraction of sp³-hybridized carbons (Fsp3) is 0.875. The first-order valence-corrected chi connectivity index (χ1v) is 4.69. The van der Waals surface area contributed by atoms with Gasteiger partial charge in [-0.1, -0.05) is 26.0 Å². The van der Waals surface area contributed by atoms with Crippen LogP contribution < -0.4 is 5.32 Å². The van der Waals surface area contributed by atoms with Crippen LogP contribution in [-0.2, 0) is 6.54 Å². The highest BCUT2D eigenvalue weighted by molar-refractivity contribution is 4.78. The van der Waals surface area contributed by atoms with Crippen molar-refractivity contribution in [2.24, 2.45) is 5.92 Å². The van der Waals surface area contributed by atoms with E-state index in [1.165, 1.54) is 0 Å². The van der Waals surface area contributed by atoms with Crippen LogP contribution in [0.25, 0.3) is 0 Å². The molecule has 1 atom stereocenters. The number of aromatic nitrogens is 4. The molecule has 1 aromatic heterocycles. The standard InChI is InChI=1S/C8H17N5/c1-4-7(6(2)3)9-5-8-10-12-13-11-8/h6-7,9H,4-5H2,1-3H3,(H,10,11,12,13). The first-order chi connectivity index (χ1) is 6.24. The van der Waals surface area contributed by atoms with Gasteiger partial charge in [-0.25, -0.2) is 0 Å². The van der Waals surface area contributed by atoms with Crippen molar-refractivity contribution in [2.45, 2.75) is 39.8 Å². The number of H-pyrrole nitrogens is 1. The first-order valence-electron chi connectivity index (χ1n) is 4.69. The molecule has 0 amide bonds. The lowest BCUT2D eigenvalue weighted by molar-refractivity contribution is 0.383. The van der Waals surface area contributed by atoms with Gasteiger partial charge in [0, 0.05) is 6.04 Å². The van der Waals surface area contributed by atoms with Crippen LogP contribution in [0, 0.1) is 5.92 Å². The zero-order valence-corrected chi connectivity index (χ0v) is 8.41. The number of aromatic amines is 1. The predicted octanol–water partition coefficient (Wildman–Crippen LogP) is 0.724. The van der Waals surface area contributed by atoms with Crippen molar-refractivity contribution in [3.63, 3.8) is 0 Å². The van der Waals surface area contributed by atoms with E-state index in [0.717, 1.165) is 12.2 Å². The Hall–Kier alpha value is -0.970. The van der Waals surface area contributed by atoms with E-state index >= 15 is 0 Å². The lowest BCUT2D eigenvalue weighted by atomic mass is 10.0. The number of tetrazole rings is 1. The molecule has 2 N–H and O–H groups in total. The summed E-state index contributed by atoms with van der Waals surface area (Å²) < 4.78 is 0. The molecule has 0 aliphatic rings. The van der Waals surface area contributed by atoms with Gasteiger partial charge in [0.05, 0.1) is 6.54 Å². The van der Waals surface area contributed by atoms with Crippen molar-refractivity contribution >= 4 is 0 Å². The molecule has 0 bridgehead atoms. The van der Waals surface area contributed by atoms with Gasteiger partial charge in [0.15, 0.2) is 5.82 Å². The lowest BCUT2D eigenvalue weighted by Gasteiger charge is -2.19. The van der Waals surface area contributed by atoms with Gasteiger partial charge in [-0.15, -0.1) is 10.2 Å². The van der Waals surface area contributed by atoms with Crippen LogP contribution in [0.5, 0.6) is 0 Å². The maximum Gasteiger partial charge on any atom is 0.188 e. The monoisotopic (exact) mass is 183 g/mol. The number of nitrogens with zero attached hydrogens (tertiary/aromatic N) is 3. The molecule has 1 heterocycles. The van der Waals surface area contributed by atoms with Crippen molar-refractivity contribution in [1.29, 1.82) is 0 Å². The Labute approximate surface area is 78.3 Å². The van der Waals surface area contributed by atoms with E-state index < -0.39 is 0 Å². The molecule has 5 nitrogen and oxygen atoms in total. The Morgan fingerprint density at radius 2 is 2.23 bits per heavy atom. The zero-order chi connectivity index (χ0) is 9.68. The van der Waals surface area contributed by atoms with Gasteiger partial charge in [0.25, 0.3) is 0 Å². The molecule has 13 heavy (non-hydrogen) atoms. The number of nitrogens with one attached hydrogen (secondary N) is 2. The molecular formula is C8H17N5. The molecule has 1 rings (SSSR count). The van der Waals surface area contributed by atoms with Gasteiger partial charge in [-0.2, -0.15) is 5.21 Å². The van der Waals surface area contributed by atoms with E-state index in [2.05, 4.69) is 46.7 Å². The van der Waals surface area contributed by atoms with Crippen LogP contribution in [0.1, 0.15) is 33.0 Å². The van der Waals surface area contributed by atoms with Gasteiger partial charge in [-0.3, -0.25) is 0 Å². The Kier molecular flexibility index (Phi) is 3.82. The third-order valence-electron chi connectivity index (χ3n) is 2.16. The van der Waals surface area contributed by atoms with E-state index in [0.29, 0.717) is 18.5 Å². The van der Waals surface area contributed by atoms with E-state index in [1.54, 1.807) is 0 Å². The average molecular weight is 183 g/mol. The summed E-state index contributed by atoms with van der Waals surface area (Å²) in [7, 11) is 0. The Balaban J connectivity index is 2.32. The second kappa shape index (κ2) is 4.91. The molecule has 0 saturated heterocycles. The molecule has 0 fully saturated rings. The van der Waals surface area contributed by atoms with Gasteiger partial charge in [-0.05, 0) is 12.3 Å². The summed E-state index contributed by atoms with van der Waals surface area (Å²) in [4.78, 5) is 0. The van der Waals surface area contributed by atoms with E-state index in [4.69, 9.17) is 0 Å². The molecule has 1 aromatic rings. The Morgan fingerprint density at radius 3 is 2.69 bits per heavy atom. The minimum atomic E-state index is 0.526. The molecular weight excluding hydrogens is 166 g/mol. The van der Waals surface area contributed by atoms with Crippen LogP contribution in [0.4, 0.5) is 0 Å². The molecule has 74 valence electrons. The van der Waals surface area contributed by atoms with Crippen molar-refractivity contribution in [2.75, 3.05) is 0 Å². The molecule has 0 aliphatic heterocycles. The van der Waals surface area contributed by atoms with E-state index in [1.807, 2.05) is 0 Å². The maximum absolute atomic E-state index is 3.87. The normalized spacial score (nSPS) is 13.5. The first kappa shape index (κ1) is 10.1. The van der Waals surface area contributed by atoms with Crippen LogP contribution in [-0.4, -0.2) is 26.7 Å². The minimum Gasteiger partial charge on any atom is -0.307 e. The average Bonchev–Trinajstić information content (AvgIpc) is 2.57. The highest BCUT2D eigenvalue weighted by Gasteiger charge is 2.10. The lowest BCUT2D eigenvalue weighted by Crippen LogP contribution is -2.32. The van der Waals surface area contributed by atoms with Crippen molar-refractivity contribution < 1.29 is 0 Å². The van der Waals surface area contributed by atoms with Crippen LogP contribution in [0.3, 0.4) is 0 Å². The van der Waals surface area contributed by atoms with Gasteiger partial charge in [0.2, 0.25) is 0 Å². The largest absolute Gasteiger partial charge is 0.307 e. The van der Waals surface area contributed by atoms with E-state index in [-0.39, 0.29) is 0 Å². The van der Waals surface area contributed by atoms with Crippen molar-refractivity contribution in [3.8, 4) is 0 Å². The summed E-state index contributed by atoms with van der Waals surface area (Å²) in [5, 5.41) is 17.1. The topological polar surface area (TPSA) is 66.5 Å². The maximum atomic E-state index is 3.87. The summed E-state index contributed by atoms with van der Waals surface area (Å²) in [5.41, 5.74) is 0. The Bertz CT molecular complexity index is 218. The summed E-state index contributed by atoms with van der Waals surface area (Å²) in [5.74, 6) is 1.36. The second-order valence-electron chi connectivity index (χ2n) is 3.47. The van der Waals surface area contributed by atoms with Crippen LogP contribution >= 0.6 is 0 Å². The van der Waals surface area contributed by atoms with Crippen molar-refractivity contribution in [3.05, 3.63) is 5.82 Å². The molecule has 0 saturated carbocycles. The van der Waals surface area contributed by atoms with Gasteiger partial charge >= 0.3 is 0 Å². The van der Waals surface area contributed by atoms with E-state index in [9.17, 15) is 0 Å². The van der Waals surface area contributed by atoms with Gasteiger partial charge < -0.3 is 5.32 Å². The van der Waals surface area contributed by atoms with Gasteiger partial charge in [0.1, 0.15) is 0 Å². The molecule has 1 unspecified atom stereocenters. The zero-order valence-electron chi connectivity index (χ0n) is 8.41. The molecule has 0 aliphatic carbocycles. The summed E-state index contributed by atoms with van der Waals surface area (Å²) in [6, 6.07) is 0.526. The highest BCUT2D eigenvalue weighted by atomic mass is 15.5. The summed E-state index contributed by atoms with van der Waals surface area (Å²) >= 11 is 0. The molecule has 5 heteroatoms. The summed E-state index contributed by atoms with van der Waals surface area (Å²) in [6.45, 7) is 7.27. The minimum absolute atomic E-state index is 0.526. The SMILES string of the molecule is CCC(NCc1nn[nH]n1)C(C)C. The predicted molar refractivity (Wildman–Crippen MR) is 49.9 cm³/mol. The summed E-state index contributed by atoms with van der Waals surface area (Å²) in [6.07, 6.45) is 1.12. The molecule has 0 aromatic carbocycles. The third-order valence-corrected chi connectivity index (χ3v) is 2.16. The Morgan fingerprint density at radius 1 is 1.46 bits per heavy atom. The third kappa shape index (κ3) is 3.10. The fourth-order valence-electron chi connectivity index (χ4n) is 1.33. The number of rotatable bonds is 5. The van der Waals surface area contributed by atoms with Crippen LogP contribution in [0.15, 0.2) is 0 Å². The number of hydrogen-bond acceptors (Lipinski definition) is 4. The quantitative estimate of drug-likeness (QED) is 0.706.